The highest BCUT2D eigenvalue weighted by atomic mass is 35.5. The van der Waals surface area contributed by atoms with E-state index in [0.717, 1.165) is 54.0 Å². The number of hydrogen-bond acceptors (Lipinski definition) is 2. The Morgan fingerprint density at radius 3 is 2.14 bits per heavy atom. The molecule has 0 radical (unpaired) electrons. The normalized spacial score (nSPS) is 30.2. The Morgan fingerprint density at radius 2 is 1.54 bits per heavy atom. The molecule has 0 aliphatic heterocycles. The van der Waals surface area contributed by atoms with Crippen molar-refractivity contribution in [2.45, 2.75) is 57.8 Å². The highest BCUT2D eigenvalue weighted by Crippen LogP contribution is 2.60. The fourth-order valence-electron chi connectivity index (χ4n) is 6.11. The van der Waals surface area contributed by atoms with Crippen molar-refractivity contribution in [2.75, 3.05) is 13.1 Å². The molecule has 4 fully saturated rings. The minimum atomic E-state index is -0.0877. The van der Waals surface area contributed by atoms with E-state index in [9.17, 15) is 9.59 Å². The van der Waals surface area contributed by atoms with Crippen LogP contribution in [0.5, 0.6) is 0 Å². The first-order valence-corrected chi connectivity index (χ1v) is 11.2. The highest BCUT2D eigenvalue weighted by Gasteiger charge is 2.54. The molecule has 1 aromatic rings. The Labute approximate surface area is 172 Å². The summed E-state index contributed by atoms with van der Waals surface area (Å²) in [5.41, 5.74) is 1.07. The Kier molecular flexibility index (Phi) is 5.96. The van der Waals surface area contributed by atoms with Crippen molar-refractivity contribution in [3.8, 4) is 0 Å². The monoisotopic (exact) mass is 402 g/mol. The summed E-state index contributed by atoms with van der Waals surface area (Å²) < 4.78 is 0. The smallest absolute Gasteiger partial charge is 0.226 e. The zero-order valence-corrected chi connectivity index (χ0v) is 17.3. The van der Waals surface area contributed by atoms with Crippen LogP contribution in [0.1, 0.15) is 56.9 Å². The van der Waals surface area contributed by atoms with Crippen LogP contribution >= 0.6 is 11.6 Å². The molecule has 4 aliphatic carbocycles. The fraction of sp³-hybridized carbons (Fsp3) is 0.652. The van der Waals surface area contributed by atoms with Crippen LogP contribution in [0.15, 0.2) is 24.3 Å². The van der Waals surface area contributed by atoms with Gasteiger partial charge in [-0.2, -0.15) is 0 Å². The molecule has 4 bridgehead atoms. The maximum Gasteiger partial charge on any atom is 0.226 e. The van der Waals surface area contributed by atoms with Crippen LogP contribution in [0.25, 0.3) is 0 Å². The van der Waals surface area contributed by atoms with E-state index in [2.05, 4.69) is 10.6 Å². The lowest BCUT2D eigenvalue weighted by atomic mass is 9.49. The second-order valence-corrected chi connectivity index (χ2v) is 9.72. The summed E-state index contributed by atoms with van der Waals surface area (Å²) in [6.07, 6.45) is 9.29. The first-order chi connectivity index (χ1) is 13.5. The molecule has 4 nitrogen and oxygen atoms in total. The van der Waals surface area contributed by atoms with E-state index in [-0.39, 0.29) is 17.2 Å². The average Bonchev–Trinajstić information content (AvgIpc) is 2.65. The maximum atomic E-state index is 12.9. The van der Waals surface area contributed by atoms with Crippen molar-refractivity contribution in [1.82, 2.24) is 10.6 Å². The Bertz CT molecular complexity index is 681. The Hall–Kier alpha value is -1.55. The molecule has 0 spiro atoms. The average molecular weight is 403 g/mol. The molecule has 2 N–H and O–H groups in total. The fourth-order valence-corrected chi connectivity index (χ4v) is 6.24. The number of halogens is 1. The summed E-state index contributed by atoms with van der Waals surface area (Å²) in [4.78, 5) is 24.9. The van der Waals surface area contributed by atoms with Gasteiger partial charge in [-0.3, -0.25) is 9.59 Å². The van der Waals surface area contributed by atoms with Gasteiger partial charge in [0.05, 0.1) is 0 Å². The molecule has 28 heavy (non-hydrogen) atoms. The zero-order chi connectivity index (χ0) is 19.6. The van der Waals surface area contributed by atoms with Gasteiger partial charge in [0.1, 0.15) is 0 Å². The number of rotatable bonds is 8. The van der Waals surface area contributed by atoms with Crippen LogP contribution in [-0.2, 0) is 16.0 Å². The first kappa shape index (κ1) is 19.8. The van der Waals surface area contributed by atoms with Crippen LogP contribution in [0.3, 0.4) is 0 Å². The summed E-state index contributed by atoms with van der Waals surface area (Å²) in [5, 5.41) is 6.83. The van der Waals surface area contributed by atoms with Crippen LogP contribution in [0.4, 0.5) is 0 Å². The van der Waals surface area contributed by atoms with Gasteiger partial charge in [0.15, 0.2) is 0 Å². The molecule has 0 atom stereocenters. The van der Waals surface area contributed by atoms with Gasteiger partial charge in [0.25, 0.3) is 0 Å². The summed E-state index contributed by atoms with van der Waals surface area (Å²) in [7, 11) is 0. The van der Waals surface area contributed by atoms with Gasteiger partial charge < -0.3 is 10.6 Å². The van der Waals surface area contributed by atoms with Gasteiger partial charge >= 0.3 is 0 Å². The van der Waals surface area contributed by atoms with Crippen molar-refractivity contribution in [3.05, 3.63) is 34.9 Å². The van der Waals surface area contributed by atoms with E-state index in [4.69, 9.17) is 11.6 Å². The molecule has 0 unspecified atom stereocenters. The van der Waals surface area contributed by atoms with Gasteiger partial charge in [-0.25, -0.2) is 0 Å². The van der Waals surface area contributed by atoms with Crippen LogP contribution < -0.4 is 10.6 Å². The standard InChI is InChI=1S/C23H31ClN2O2/c24-20-5-3-16(4-6-20)7-9-25-21(27)2-1-8-26-22(28)23-13-17-10-18(14-23)12-19(11-17)15-23/h3-6,17-19H,1-2,7-15H2,(H,25,27)(H,26,28). The molecule has 5 rings (SSSR count). The van der Waals surface area contributed by atoms with Gasteiger partial charge in [-0.05, 0) is 86.8 Å². The molecular weight excluding hydrogens is 372 g/mol. The summed E-state index contributed by atoms with van der Waals surface area (Å²) in [6.45, 7) is 1.23. The molecule has 0 saturated heterocycles. The van der Waals surface area contributed by atoms with E-state index >= 15 is 0 Å². The quantitative estimate of drug-likeness (QED) is 0.643. The minimum Gasteiger partial charge on any atom is -0.356 e. The van der Waals surface area contributed by atoms with E-state index < -0.39 is 0 Å². The lowest BCUT2D eigenvalue weighted by molar-refractivity contribution is -0.146. The lowest BCUT2D eigenvalue weighted by Gasteiger charge is -2.55. The van der Waals surface area contributed by atoms with Crippen molar-refractivity contribution < 1.29 is 9.59 Å². The molecule has 4 aliphatic rings. The third kappa shape index (κ3) is 4.53. The van der Waals surface area contributed by atoms with Crippen molar-refractivity contribution in [1.29, 1.82) is 0 Å². The van der Waals surface area contributed by atoms with E-state index in [0.29, 0.717) is 25.9 Å². The number of nitrogens with one attached hydrogen (secondary N) is 2. The van der Waals surface area contributed by atoms with Crippen LogP contribution in [-0.4, -0.2) is 24.9 Å². The van der Waals surface area contributed by atoms with Gasteiger partial charge in [-0.15, -0.1) is 0 Å². The van der Waals surface area contributed by atoms with Crippen LogP contribution in [0, 0.1) is 23.2 Å². The highest BCUT2D eigenvalue weighted by molar-refractivity contribution is 6.30. The Morgan fingerprint density at radius 1 is 0.929 bits per heavy atom. The van der Waals surface area contributed by atoms with Gasteiger partial charge in [0, 0.05) is 29.9 Å². The first-order valence-electron chi connectivity index (χ1n) is 10.8. The molecule has 152 valence electrons. The minimum absolute atomic E-state index is 0.0537. The SMILES string of the molecule is O=C(CCCNC(=O)C12CC3CC(CC(C3)C1)C2)NCCc1ccc(Cl)cc1. The van der Waals surface area contributed by atoms with Crippen LogP contribution in [0.2, 0.25) is 5.02 Å². The molecule has 4 saturated carbocycles. The zero-order valence-electron chi connectivity index (χ0n) is 16.5. The van der Waals surface area contributed by atoms with Gasteiger partial charge in [0.2, 0.25) is 11.8 Å². The number of amides is 2. The van der Waals surface area contributed by atoms with E-state index in [1.54, 1.807) is 0 Å². The molecule has 2 amide bonds. The predicted molar refractivity (Wildman–Crippen MR) is 111 cm³/mol. The third-order valence-corrected chi connectivity index (χ3v) is 7.29. The molecule has 5 heteroatoms. The molecule has 0 aromatic heterocycles. The number of carbonyl (C=O) groups is 2. The predicted octanol–water partition coefficient (Wildman–Crippen LogP) is 4.11. The Balaban J connectivity index is 1.12. The molecular formula is C23H31ClN2O2. The topological polar surface area (TPSA) is 58.2 Å². The summed E-state index contributed by atoms with van der Waals surface area (Å²) in [6, 6.07) is 7.69. The second-order valence-electron chi connectivity index (χ2n) is 9.28. The second kappa shape index (κ2) is 8.44. The van der Waals surface area contributed by atoms with Crippen molar-refractivity contribution in [3.63, 3.8) is 0 Å². The molecule has 0 heterocycles. The maximum absolute atomic E-state index is 12.9. The van der Waals surface area contributed by atoms with Crippen molar-refractivity contribution >= 4 is 23.4 Å². The molecule has 1 aromatic carbocycles. The third-order valence-electron chi connectivity index (χ3n) is 7.04. The van der Waals surface area contributed by atoms with Crippen molar-refractivity contribution in [2.24, 2.45) is 23.2 Å². The largest absolute Gasteiger partial charge is 0.356 e. The lowest BCUT2D eigenvalue weighted by Crippen LogP contribution is -2.53. The van der Waals surface area contributed by atoms with Gasteiger partial charge in [-0.1, -0.05) is 23.7 Å². The van der Waals surface area contributed by atoms with E-state index in [1.807, 2.05) is 24.3 Å². The van der Waals surface area contributed by atoms with E-state index in [1.165, 1.54) is 19.3 Å². The summed E-state index contributed by atoms with van der Waals surface area (Å²) in [5.74, 6) is 2.66. The summed E-state index contributed by atoms with van der Waals surface area (Å²) >= 11 is 5.88. The number of hydrogen-bond donors (Lipinski definition) is 2. The number of benzene rings is 1. The number of carbonyl (C=O) groups excluding carboxylic acids is 2.